The van der Waals surface area contributed by atoms with Gasteiger partial charge in [-0.25, -0.2) is 0 Å². The molecule has 0 unspecified atom stereocenters. The third-order valence-electron chi connectivity index (χ3n) is 3.70. The molecule has 2 nitrogen and oxygen atoms in total. The van der Waals surface area contributed by atoms with Gasteiger partial charge in [-0.1, -0.05) is 52.0 Å². The molecule has 2 rings (SSSR count). The number of nitrogens with one attached hydrogen (secondary N) is 1. The van der Waals surface area contributed by atoms with Gasteiger partial charge in [-0.05, 0) is 36.5 Å². The Balaban J connectivity index is 2.01. The highest BCUT2D eigenvalue weighted by Crippen LogP contribution is 2.39. The minimum Gasteiger partial charge on any atom is -0.351 e. The summed E-state index contributed by atoms with van der Waals surface area (Å²) in [6.07, 6.45) is 4.80. The Hall–Kier alpha value is -0.250. The van der Waals surface area contributed by atoms with Crippen LogP contribution in [0.1, 0.15) is 36.0 Å². The maximum atomic E-state index is 12.1. The molecule has 1 aromatic carbocycles. The Morgan fingerprint density at radius 1 is 1.21 bits per heavy atom. The molecule has 1 N–H and O–H groups in total. The zero-order valence-electron chi connectivity index (χ0n) is 10.5. The first-order chi connectivity index (χ1) is 9.04. The van der Waals surface area contributed by atoms with Crippen molar-refractivity contribution in [3.05, 3.63) is 33.8 Å². The number of hydrogen-bond donors (Lipinski definition) is 1. The molecule has 104 valence electrons. The molecule has 19 heavy (non-hydrogen) atoms. The topological polar surface area (TPSA) is 29.1 Å². The zero-order valence-corrected chi connectivity index (χ0v) is 13.6. The van der Waals surface area contributed by atoms with E-state index in [1.165, 1.54) is 12.8 Å². The fourth-order valence-electron chi connectivity index (χ4n) is 2.54. The van der Waals surface area contributed by atoms with Crippen molar-refractivity contribution in [3.8, 4) is 0 Å². The minimum absolute atomic E-state index is 0.114. The van der Waals surface area contributed by atoms with Gasteiger partial charge < -0.3 is 5.32 Å². The largest absolute Gasteiger partial charge is 0.351 e. The zero-order chi connectivity index (χ0) is 13.9. The fourth-order valence-corrected chi connectivity index (χ4v) is 3.82. The van der Waals surface area contributed by atoms with Gasteiger partial charge in [0, 0.05) is 27.5 Å². The highest BCUT2D eigenvalue weighted by Gasteiger charge is 2.33. The molecule has 0 aliphatic heterocycles. The monoisotopic (exact) mass is 363 g/mol. The van der Waals surface area contributed by atoms with E-state index in [2.05, 4.69) is 21.2 Å². The Labute approximate surface area is 132 Å². The van der Waals surface area contributed by atoms with E-state index in [1.54, 1.807) is 18.2 Å². The van der Waals surface area contributed by atoms with Crippen LogP contribution in [0.3, 0.4) is 0 Å². The van der Waals surface area contributed by atoms with Crippen molar-refractivity contribution in [2.75, 3.05) is 11.9 Å². The first-order valence-electron chi connectivity index (χ1n) is 6.35. The SMILES string of the molecule is O=C(NCC1(CBr)CCCC1)c1cc(Cl)cc(Cl)c1. The van der Waals surface area contributed by atoms with E-state index in [0.29, 0.717) is 22.2 Å². The van der Waals surface area contributed by atoms with Crippen molar-refractivity contribution in [1.29, 1.82) is 0 Å². The van der Waals surface area contributed by atoms with Crippen LogP contribution in [0.25, 0.3) is 0 Å². The summed E-state index contributed by atoms with van der Waals surface area (Å²) in [6, 6.07) is 4.90. The molecule has 1 aliphatic rings. The molecule has 1 fully saturated rings. The molecule has 5 heteroatoms. The lowest BCUT2D eigenvalue weighted by molar-refractivity contribution is 0.0935. The number of carbonyl (C=O) groups is 1. The van der Waals surface area contributed by atoms with Crippen LogP contribution in [0.2, 0.25) is 10.0 Å². The van der Waals surface area contributed by atoms with Crippen molar-refractivity contribution < 1.29 is 4.79 Å². The van der Waals surface area contributed by atoms with Crippen molar-refractivity contribution in [1.82, 2.24) is 5.32 Å². The van der Waals surface area contributed by atoms with Gasteiger partial charge in [0.2, 0.25) is 0 Å². The van der Waals surface area contributed by atoms with Gasteiger partial charge in [0.1, 0.15) is 0 Å². The van der Waals surface area contributed by atoms with Crippen LogP contribution in [0.4, 0.5) is 0 Å². The lowest BCUT2D eigenvalue weighted by atomic mass is 9.89. The molecule has 0 aromatic heterocycles. The number of alkyl halides is 1. The molecule has 0 spiro atoms. The third kappa shape index (κ3) is 3.87. The standard InChI is InChI=1S/C14H16BrCl2NO/c15-8-14(3-1-2-4-14)9-18-13(19)10-5-11(16)7-12(17)6-10/h5-7H,1-4,8-9H2,(H,18,19). The summed E-state index contributed by atoms with van der Waals surface area (Å²) in [5.41, 5.74) is 0.720. The van der Waals surface area contributed by atoms with Gasteiger partial charge in [0.25, 0.3) is 5.91 Å². The predicted octanol–water partition coefficient (Wildman–Crippen LogP) is 4.68. The van der Waals surface area contributed by atoms with E-state index in [1.807, 2.05) is 0 Å². The van der Waals surface area contributed by atoms with E-state index in [9.17, 15) is 4.79 Å². The molecule has 1 aromatic rings. The van der Waals surface area contributed by atoms with Crippen LogP contribution < -0.4 is 5.32 Å². The van der Waals surface area contributed by atoms with Crippen LogP contribution >= 0.6 is 39.1 Å². The summed E-state index contributed by atoms with van der Waals surface area (Å²) < 4.78 is 0. The van der Waals surface area contributed by atoms with Crippen LogP contribution in [0, 0.1) is 5.41 Å². The van der Waals surface area contributed by atoms with E-state index in [0.717, 1.165) is 18.2 Å². The van der Waals surface area contributed by atoms with Crippen LogP contribution in [-0.2, 0) is 0 Å². The van der Waals surface area contributed by atoms with Gasteiger partial charge in [-0.15, -0.1) is 0 Å². The average Bonchev–Trinajstić information content (AvgIpc) is 2.84. The summed E-state index contributed by atoms with van der Waals surface area (Å²) in [4.78, 5) is 12.1. The number of halogens is 3. The molecule has 0 heterocycles. The predicted molar refractivity (Wildman–Crippen MR) is 83.5 cm³/mol. The number of benzene rings is 1. The van der Waals surface area contributed by atoms with Crippen molar-refractivity contribution in [3.63, 3.8) is 0 Å². The smallest absolute Gasteiger partial charge is 0.251 e. The lowest BCUT2D eigenvalue weighted by Crippen LogP contribution is -2.37. The summed E-state index contributed by atoms with van der Waals surface area (Å²) in [5.74, 6) is -0.114. The van der Waals surface area contributed by atoms with Crippen LogP contribution in [-0.4, -0.2) is 17.8 Å². The first kappa shape index (κ1) is 15.1. The summed E-state index contributed by atoms with van der Waals surface area (Å²) in [5, 5.41) is 4.89. The molecule has 1 amide bonds. The second kappa shape index (κ2) is 6.47. The second-order valence-electron chi connectivity index (χ2n) is 5.18. The number of hydrogen-bond acceptors (Lipinski definition) is 1. The Kier molecular flexibility index (Phi) is 5.15. The average molecular weight is 365 g/mol. The number of amides is 1. The lowest BCUT2D eigenvalue weighted by Gasteiger charge is -2.26. The van der Waals surface area contributed by atoms with Crippen LogP contribution in [0.15, 0.2) is 18.2 Å². The molecule has 0 atom stereocenters. The number of rotatable bonds is 4. The maximum absolute atomic E-state index is 12.1. The molecule has 0 bridgehead atoms. The molecule has 1 aliphatic carbocycles. The minimum atomic E-state index is -0.114. The van der Waals surface area contributed by atoms with Gasteiger partial charge in [-0.3, -0.25) is 4.79 Å². The summed E-state index contributed by atoms with van der Waals surface area (Å²) in [6.45, 7) is 0.696. The Bertz CT molecular complexity index is 452. The van der Waals surface area contributed by atoms with Gasteiger partial charge >= 0.3 is 0 Å². The highest BCUT2D eigenvalue weighted by molar-refractivity contribution is 9.09. The third-order valence-corrected chi connectivity index (χ3v) is 5.32. The van der Waals surface area contributed by atoms with Gasteiger partial charge in [0.15, 0.2) is 0 Å². The van der Waals surface area contributed by atoms with Crippen molar-refractivity contribution >= 4 is 45.0 Å². The fraction of sp³-hybridized carbons (Fsp3) is 0.500. The molecular formula is C14H16BrCl2NO. The van der Waals surface area contributed by atoms with E-state index >= 15 is 0 Å². The van der Waals surface area contributed by atoms with Crippen LogP contribution in [0.5, 0.6) is 0 Å². The maximum Gasteiger partial charge on any atom is 0.251 e. The quantitative estimate of drug-likeness (QED) is 0.772. The van der Waals surface area contributed by atoms with Crippen molar-refractivity contribution in [2.24, 2.45) is 5.41 Å². The van der Waals surface area contributed by atoms with E-state index < -0.39 is 0 Å². The highest BCUT2D eigenvalue weighted by atomic mass is 79.9. The van der Waals surface area contributed by atoms with E-state index in [4.69, 9.17) is 23.2 Å². The molecule has 0 radical (unpaired) electrons. The Morgan fingerprint density at radius 2 is 1.79 bits per heavy atom. The molecule has 0 saturated heterocycles. The molecule has 1 saturated carbocycles. The van der Waals surface area contributed by atoms with Gasteiger partial charge in [-0.2, -0.15) is 0 Å². The van der Waals surface area contributed by atoms with Crippen molar-refractivity contribution in [2.45, 2.75) is 25.7 Å². The summed E-state index contributed by atoms with van der Waals surface area (Å²) in [7, 11) is 0. The second-order valence-corrected chi connectivity index (χ2v) is 6.62. The summed E-state index contributed by atoms with van der Waals surface area (Å²) >= 11 is 15.4. The number of carbonyl (C=O) groups excluding carboxylic acids is 1. The normalized spacial score (nSPS) is 17.4. The molecular weight excluding hydrogens is 349 g/mol. The first-order valence-corrected chi connectivity index (χ1v) is 8.23. The Morgan fingerprint density at radius 3 is 2.32 bits per heavy atom. The van der Waals surface area contributed by atoms with E-state index in [-0.39, 0.29) is 11.3 Å². The van der Waals surface area contributed by atoms with Gasteiger partial charge in [0.05, 0.1) is 0 Å².